The van der Waals surface area contributed by atoms with Crippen molar-refractivity contribution < 1.29 is 14.3 Å². The maximum absolute atomic E-state index is 12.9. The molecule has 0 saturated heterocycles. The molecule has 0 spiro atoms. The summed E-state index contributed by atoms with van der Waals surface area (Å²) in [6.45, 7) is 9.40. The van der Waals surface area contributed by atoms with Gasteiger partial charge < -0.3 is 15.0 Å². The summed E-state index contributed by atoms with van der Waals surface area (Å²) in [4.78, 5) is 27.2. The standard InChI is InChI=1S/C24H34N4O3/c1-17-8-6-9-19(14-17)28-21(15-20(26-28)24(2,3)4)25-22(29)16-27(12-7-13-31-5)23(30)18-10-11-18/h6,8-9,14-15,18H,7,10-13,16H2,1-5H3,(H,25,29). The highest BCUT2D eigenvalue weighted by Gasteiger charge is 2.34. The minimum absolute atomic E-state index is 0.0307. The van der Waals surface area contributed by atoms with Crippen molar-refractivity contribution >= 4 is 17.6 Å². The fourth-order valence-corrected chi connectivity index (χ4v) is 3.40. The molecule has 1 aliphatic rings. The van der Waals surface area contributed by atoms with Crippen LogP contribution in [0.2, 0.25) is 0 Å². The molecule has 0 atom stereocenters. The molecule has 31 heavy (non-hydrogen) atoms. The Kier molecular flexibility index (Phi) is 7.15. The van der Waals surface area contributed by atoms with Crippen molar-refractivity contribution in [3.63, 3.8) is 0 Å². The van der Waals surface area contributed by atoms with Gasteiger partial charge in [0.1, 0.15) is 5.82 Å². The second-order valence-electron chi connectivity index (χ2n) is 9.34. The van der Waals surface area contributed by atoms with Crippen LogP contribution in [0.5, 0.6) is 0 Å². The number of hydrogen-bond donors (Lipinski definition) is 1. The number of hydrogen-bond acceptors (Lipinski definition) is 4. The lowest BCUT2D eigenvalue weighted by Crippen LogP contribution is -2.40. The molecule has 0 radical (unpaired) electrons. The van der Waals surface area contributed by atoms with E-state index in [0.717, 1.165) is 29.8 Å². The fraction of sp³-hybridized carbons (Fsp3) is 0.542. The number of rotatable bonds is 9. The minimum Gasteiger partial charge on any atom is -0.385 e. The first-order chi connectivity index (χ1) is 14.7. The largest absolute Gasteiger partial charge is 0.385 e. The van der Waals surface area contributed by atoms with E-state index in [1.807, 2.05) is 37.3 Å². The molecule has 7 heteroatoms. The molecule has 2 aromatic rings. The van der Waals surface area contributed by atoms with Gasteiger partial charge in [0.15, 0.2) is 0 Å². The Hall–Kier alpha value is -2.67. The van der Waals surface area contributed by atoms with Gasteiger partial charge in [0, 0.05) is 37.7 Å². The molecule has 1 aromatic carbocycles. The number of ether oxygens (including phenoxy) is 1. The van der Waals surface area contributed by atoms with Gasteiger partial charge in [0.05, 0.1) is 17.9 Å². The van der Waals surface area contributed by atoms with Gasteiger partial charge in [-0.05, 0) is 43.9 Å². The van der Waals surface area contributed by atoms with Gasteiger partial charge in [-0.2, -0.15) is 5.10 Å². The van der Waals surface area contributed by atoms with Crippen LogP contribution in [0.15, 0.2) is 30.3 Å². The molecule has 1 saturated carbocycles. The van der Waals surface area contributed by atoms with E-state index in [0.29, 0.717) is 25.4 Å². The Morgan fingerprint density at radius 2 is 2.00 bits per heavy atom. The first-order valence-electron chi connectivity index (χ1n) is 10.9. The van der Waals surface area contributed by atoms with Crippen LogP contribution in [0.1, 0.15) is 51.3 Å². The maximum atomic E-state index is 12.9. The highest BCUT2D eigenvalue weighted by atomic mass is 16.5. The van der Waals surface area contributed by atoms with Crippen molar-refractivity contribution in [2.24, 2.45) is 5.92 Å². The molecule has 2 amide bonds. The average Bonchev–Trinajstić information content (AvgIpc) is 3.46. The molecule has 1 aliphatic carbocycles. The zero-order chi connectivity index (χ0) is 22.6. The predicted molar refractivity (Wildman–Crippen MR) is 121 cm³/mol. The maximum Gasteiger partial charge on any atom is 0.245 e. The molecular formula is C24H34N4O3. The summed E-state index contributed by atoms with van der Waals surface area (Å²) in [6, 6.07) is 9.91. The Bertz CT molecular complexity index is 925. The predicted octanol–water partition coefficient (Wildman–Crippen LogP) is 3.69. The average molecular weight is 427 g/mol. The number of amides is 2. The van der Waals surface area contributed by atoms with Crippen molar-refractivity contribution in [2.75, 3.05) is 32.1 Å². The van der Waals surface area contributed by atoms with Gasteiger partial charge in [-0.3, -0.25) is 9.59 Å². The summed E-state index contributed by atoms with van der Waals surface area (Å²) in [5.74, 6) is 0.520. The van der Waals surface area contributed by atoms with E-state index in [1.165, 1.54) is 0 Å². The van der Waals surface area contributed by atoms with E-state index in [1.54, 1.807) is 16.7 Å². The van der Waals surface area contributed by atoms with E-state index in [-0.39, 0.29) is 29.7 Å². The highest BCUT2D eigenvalue weighted by Crippen LogP contribution is 2.31. The smallest absolute Gasteiger partial charge is 0.245 e. The Balaban J connectivity index is 1.80. The Labute approximate surface area is 184 Å². The Morgan fingerprint density at radius 3 is 2.61 bits per heavy atom. The highest BCUT2D eigenvalue weighted by molar-refractivity contribution is 5.94. The second-order valence-corrected chi connectivity index (χ2v) is 9.34. The quantitative estimate of drug-likeness (QED) is 0.621. The summed E-state index contributed by atoms with van der Waals surface area (Å²) in [5, 5.41) is 7.76. The van der Waals surface area contributed by atoms with Gasteiger partial charge in [-0.15, -0.1) is 0 Å². The SMILES string of the molecule is COCCCN(CC(=O)Nc1cc(C(C)(C)C)nn1-c1cccc(C)c1)C(=O)C1CC1. The monoisotopic (exact) mass is 426 g/mol. The van der Waals surface area contributed by atoms with Crippen LogP contribution in [0, 0.1) is 12.8 Å². The number of carbonyl (C=O) groups is 2. The molecule has 1 fully saturated rings. The topological polar surface area (TPSA) is 76.5 Å². The second kappa shape index (κ2) is 9.64. The molecule has 0 bridgehead atoms. The summed E-state index contributed by atoms with van der Waals surface area (Å²) < 4.78 is 6.87. The fourth-order valence-electron chi connectivity index (χ4n) is 3.40. The van der Waals surface area contributed by atoms with Gasteiger partial charge >= 0.3 is 0 Å². The van der Waals surface area contributed by atoms with E-state index in [9.17, 15) is 9.59 Å². The van der Waals surface area contributed by atoms with Crippen LogP contribution in [0.25, 0.3) is 5.69 Å². The van der Waals surface area contributed by atoms with Crippen LogP contribution in [-0.4, -0.2) is 53.3 Å². The van der Waals surface area contributed by atoms with Crippen LogP contribution in [-0.2, 0) is 19.7 Å². The van der Waals surface area contributed by atoms with Crippen LogP contribution in [0.4, 0.5) is 5.82 Å². The van der Waals surface area contributed by atoms with Crippen molar-refractivity contribution in [1.29, 1.82) is 0 Å². The normalized spacial score (nSPS) is 13.8. The van der Waals surface area contributed by atoms with Gasteiger partial charge in [-0.1, -0.05) is 32.9 Å². The number of carbonyl (C=O) groups excluding carboxylic acids is 2. The van der Waals surface area contributed by atoms with E-state index in [4.69, 9.17) is 9.84 Å². The number of nitrogens with zero attached hydrogens (tertiary/aromatic N) is 3. The number of aromatic nitrogens is 2. The summed E-state index contributed by atoms with van der Waals surface area (Å²) >= 11 is 0. The van der Waals surface area contributed by atoms with Gasteiger partial charge in [-0.25, -0.2) is 4.68 Å². The van der Waals surface area contributed by atoms with Crippen LogP contribution >= 0.6 is 0 Å². The van der Waals surface area contributed by atoms with Crippen molar-refractivity contribution in [3.8, 4) is 5.69 Å². The van der Waals surface area contributed by atoms with Crippen molar-refractivity contribution in [2.45, 2.75) is 52.4 Å². The molecule has 1 N–H and O–H groups in total. The summed E-state index contributed by atoms with van der Waals surface area (Å²) in [7, 11) is 1.64. The molecule has 0 aliphatic heterocycles. The zero-order valence-electron chi connectivity index (χ0n) is 19.3. The number of aryl methyl sites for hydroxylation is 1. The molecular weight excluding hydrogens is 392 g/mol. The zero-order valence-corrected chi connectivity index (χ0v) is 19.3. The minimum atomic E-state index is -0.222. The lowest BCUT2D eigenvalue weighted by atomic mass is 9.92. The molecule has 7 nitrogen and oxygen atoms in total. The molecule has 1 aromatic heterocycles. The van der Waals surface area contributed by atoms with Crippen molar-refractivity contribution in [3.05, 3.63) is 41.6 Å². The van der Waals surface area contributed by atoms with Crippen molar-refractivity contribution in [1.82, 2.24) is 14.7 Å². The van der Waals surface area contributed by atoms with E-state index < -0.39 is 0 Å². The molecule has 1 heterocycles. The number of methoxy groups -OCH3 is 1. The van der Waals surface area contributed by atoms with Crippen LogP contribution in [0.3, 0.4) is 0 Å². The molecule has 3 rings (SSSR count). The number of nitrogens with one attached hydrogen (secondary N) is 1. The Morgan fingerprint density at radius 1 is 1.26 bits per heavy atom. The summed E-state index contributed by atoms with van der Waals surface area (Å²) in [6.07, 6.45) is 2.53. The van der Waals surface area contributed by atoms with E-state index in [2.05, 4.69) is 26.1 Å². The third-order valence-corrected chi connectivity index (χ3v) is 5.34. The number of anilines is 1. The lowest BCUT2D eigenvalue weighted by Gasteiger charge is -2.22. The molecule has 168 valence electrons. The first kappa shape index (κ1) is 23.0. The summed E-state index contributed by atoms with van der Waals surface area (Å²) in [5.41, 5.74) is 2.72. The third-order valence-electron chi connectivity index (χ3n) is 5.34. The molecule has 0 unspecified atom stereocenters. The lowest BCUT2D eigenvalue weighted by molar-refractivity contribution is -0.136. The number of benzene rings is 1. The van der Waals surface area contributed by atoms with E-state index >= 15 is 0 Å². The van der Waals surface area contributed by atoms with Gasteiger partial charge in [0.25, 0.3) is 0 Å². The first-order valence-corrected chi connectivity index (χ1v) is 10.9. The third kappa shape index (κ3) is 6.17. The van der Waals surface area contributed by atoms with Crippen LogP contribution < -0.4 is 5.32 Å². The van der Waals surface area contributed by atoms with Gasteiger partial charge in [0.2, 0.25) is 11.8 Å².